The van der Waals surface area contributed by atoms with Gasteiger partial charge in [0.15, 0.2) is 0 Å². The highest BCUT2D eigenvalue weighted by atomic mass is 16.6. The third-order valence-electron chi connectivity index (χ3n) is 7.84. The van der Waals surface area contributed by atoms with Crippen molar-refractivity contribution in [2.75, 3.05) is 65.7 Å². The van der Waals surface area contributed by atoms with Crippen LogP contribution >= 0.6 is 0 Å². The molecule has 5 atom stereocenters. The van der Waals surface area contributed by atoms with Crippen molar-refractivity contribution in [3.8, 4) is 0 Å². The minimum Gasteiger partial charge on any atom is -0.461 e. The lowest BCUT2D eigenvalue weighted by Gasteiger charge is -2.36. The maximum atomic E-state index is 14.0. The smallest absolute Gasteiger partial charge is 0.313 e. The number of aliphatic hydroxyl groups is 1. The predicted molar refractivity (Wildman–Crippen MR) is 124 cm³/mol. The molecule has 2 amide bonds. The Bertz CT molecular complexity index is 886. The highest BCUT2D eigenvalue weighted by Gasteiger charge is 2.71. The Morgan fingerprint density at radius 3 is 2.63 bits per heavy atom. The SMILES string of the molecule is O=C1OCC=C[C@@H]2O[C@]34C=CCN(CCN5CCOCC5)C(=O)C3N(CCCCCO)C(=O)[C@@H]4[C@H]12. The summed E-state index contributed by atoms with van der Waals surface area (Å²) >= 11 is 0. The van der Waals surface area contributed by atoms with Crippen LogP contribution in [0.25, 0.3) is 0 Å². The normalized spacial score (nSPS) is 34.9. The molecule has 0 aliphatic carbocycles. The van der Waals surface area contributed by atoms with Crippen molar-refractivity contribution in [2.45, 2.75) is 37.0 Å². The summed E-state index contributed by atoms with van der Waals surface area (Å²) in [5.74, 6) is -2.40. The largest absolute Gasteiger partial charge is 0.461 e. The van der Waals surface area contributed by atoms with Gasteiger partial charge in [-0.15, -0.1) is 0 Å². The van der Waals surface area contributed by atoms with E-state index >= 15 is 0 Å². The van der Waals surface area contributed by atoms with E-state index < -0.39 is 35.6 Å². The van der Waals surface area contributed by atoms with E-state index in [-0.39, 0.29) is 25.0 Å². The first-order chi connectivity index (χ1) is 17.1. The number of hydrogen-bond acceptors (Lipinski definition) is 8. The van der Waals surface area contributed by atoms with E-state index in [4.69, 9.17) is 19.3 Å². The third-order valence-corrected chi connectivity index (χ3v) is 7.84. The van der Waals surface area contributed by atoms with E-state index in [0.717, 1.165) is 26.1 Å². The molecule has 0 radical (unpaired) electrons. The molecule has 10 nitrogen and oxygen atoms in total. The van der Waals surface area contributed by atoms with Gasteiger partial charge >= 0.3 is 5.97 Å². The zero-order valence-electron chi connectivity index (χ0n) is 20.0. The van der Waals surface area contributed by atoms with Gasteiger partial charge in [0.25, 0.3) is 0 Å². The Labute approximate surface area is 205 Å². The minimum atomic E-state index is -1.20. The maximum absolute atomic E-state index is 14.0. The van der Waals surface area contributed by atoms with E-state index in [1.54, 1.807) is 22.0 Å². The van der Waals surface area contributed by atoms with Crippen molar-refractivity contribution in [1.29, 1.82) is 0 Å². The summed E-state index contributed by atoms with van der Waals surface area (Å²) in [4.78, 5) is 46.5. The number of unbranched alkanes of at least 4 members (excludes halogenated alkanes) is 2. The van der Waals surface area contributed by atoms with Gasteiger partial charge in [-0.2, -0.15) is 0 Å². The van der Waals surface area contributed by atoms with Crippen LogP contribution in [0.2, 0.25) is 0 Å². The number of amides is 2. The number of fused-ring (bicyclic) bond motifs is 2. The average Bonchev–Trinajstić information content (AvgIpc) is 3.16. The van der Waals surface area contributed by atoms with Crippen molar-refractivity contribution in [3.05, 3.63) is 24.3 Å². The molecule has 5 rings (SSSR count). The molecular weight excluding hydrogens is 454 g/mol. The number of ether oxygens (including phenoxy) is 3. The summed E-state index contributed by atoms with van der Waals surface area (Å²) < 4.78 is 17.3. The number of rotatable bonds is 8. The Kier molecular flexibility index (Phi) is 7.24. The van der Waals surface area contributed by atoms with E-state index in [1.807, 2.05) is 12.2 Å². The molecule has 5 aliphatic rings. The molecule has 1 spiro atoms. The second-order valence-corrected chi connectivity index (χ2v) is 9.86. The fourth-order valence-corrected chi connectivity index (χ4v) is 6.11. The first kappa shape index (κ1) is 24.4. The van der Waals surface area contributed by atoms with Gasteiger partial charge < -0.3 is 29.1 Å². The van der Waals surface area contributed by atoms with Crippen LogP contribution in [0.3, 0.4) is 0 Å². The molecular formula is C25H35N3O7. The third kappa shape index (κ3) is 4.41. The molecule has 10 heteroatoms. The monoisotopic (exact) mass is 489 g/mol. The van der Waals surface area contributed by atoms with Gasteiger partial charge in [-0.25, -0.2) is 0 Å². The van der Waals surface area contributed by atoms with E-state index in [0.29, 0.717) is 45.7 Å². The predicted octanol–water partition coefficient (Wildman–Crippen LogP) is -0.427. The number of nitrogens with zero attached hydrogens (tertiary/aromatic N) is 3. The second kappa shape index (κ2) is 10.4. The molecule has 0 aromatic carbocycles. The summed E-state index contributed by atoms with van der Waals surface area (Å²) in [7, 11) is 0. The molecule has 192 valence electrons. The fourth-order valence-electron chi connectivity index (χ4n) is 6.11. The Morgan fingerprint density at radius 2 is 1.83 bits per heavy atom. The zero-order valence-corrected chi connectivity index (χ0v) is 20.0. The maximum Gasteiger partial charge on any atom is 0.313 e. The van der Waals surface area contributed by atoms with Crippen molar-refractivity contribution in [3.63, 3.8) is 0 Å². The minimum absolute atomic E-state index is 0.0893. The van der Waals surface area contributed by atoms with Gasteiger partial charge in [-0.3, -0.25) is 19.3 Å². The average molecular weight is 490 g/mol. The van der Waals surface area contributed by atoms with Gasteiger partial charge in [0.1, 0.15) is 24.2 Å². The van der Waals surface area contributed by atoms with Crippen LogP contribution in [-0.2, 0) is 28.6 Å². The fraction of sp³-hybridized carbons (Fsp3) is 0.720. The molecule has 0 saturated carbocycles. The lowest BCUT2D eigenvalue weighted by Crippen LogP contribution is -2.56. The molecule has 3 fully saturated rings. The molecule has 35 heavy (non-hydrogen) atoms. The van der Waals surface area contributed by atoms with Crippen LogP contribution in [0, 0.1) is 11.8 Å². The highest BCUT2D eigenvalue weighted by molar-refractivity contribution is 5.99. The molecule has 5 aliphatic heterocycles. The molecule has 1 N–H and O–H groups in total. The van der Waals surface area contributed by atoms with Gasteiger partial charge in [0, 0.05) is 45.9 Å². The quantitative estimate of drug-likeness (QED) is 0.278. The highest BCUT2D eigenvalue weighted by Crippen LogP contribution is 2.53. The number of likely N-dealkylation sites (tertiary alicyclic amines) is 1. The van der Waals surface area contributed by atoms with Crippen molar-refractivity contribution >= 4 is 17.8 Å². The molecule has 1 unspecified atom stereocenters. The lowest BCUT2D eigenvalue weighted by atomic mass is 9.78. The van der Waals surface area contributed by atoms with Crippen LogP contribution in [0.5, 0.6) is 0 Å². The Balaban J connectivity index is 1.43. The van der Waals surface area contributed by atoms with Crippen molar-refractivity contribution in [1.82, 2.24) is 14.7 Å². The van der Waals surface area contributed by atoms with E-state index in [1.165, 1.54) is 0 Å². The summed E-state index contributed by atoms with van der Waals surface area (Å²) in [6.45, 7) is 5.39. The van der Waals surface area contributed by atoms with Gasteiger partial charge in [-0.1, -0.05) is 18.2 Å². The van der Waals surface area contributed by atoms with Crippen LogP contribution < -0.4 is 0 Å². The Morgan fingerprint density at radius 1 is 1.00 bits per heavy atom. The molecule has 3 saturated heterocycles. The molecule has 0 aromatic heterocycles. The summed E-state index contributed by atoms with van der Waals surface area (Å²) in [6.07, 6.45) is 8.74. The number of carbonyl (C=O) groups is 3. The van der Waals surface area contributed by atoms with Gasteiger partial charge in [0.05, 0.1) is 25.2 Å². The first-order valence-corrected chi connectivity index (χ1v) is 12.8. The number of esters is 1. The number of aliphatic hydroxyl groups excluding tert-OH is 1. The number of carbonyl (C=O) groups excluding carboxylic acids is 3. The van der Waals surface area contributed by atoms with Crippen LogP contribution in [0.1, 0.15) is 19.3 Å². The van der Waals surface area contributed by atoms with Crippen LogP contribution in [0.15, 0.2) is 24.3 Å². The van der Waals surface area contributed by atoms with Gasteiger partial charge in [-0.05, 0) is 25.3 Å². The van der Waals surface area contributed by atoms with E-state index in [2.05, 4.69) is 4.90 Å². The molecule has 0 bridgehead atoms. The first-order valence-electron chi connectivity index (χ1n) is 12.8. The summed E-state index contributed by atoms with van der Waals surface area (Å²) in [5.41, 5.74) is -1.20. The van der Waals surface area contributed by atoms with Crippen molar-refractivity contribution < 1.29 is 33.7 Å². The second-order valence-electron chi connectivity index (χ2n) is 9.86. The van der Waals surface area contributed by atoms with Crippen molar-refractivity contribution in [2.24, 2.45) is 11.8 Å². The molecule has 0 aromatic rings. The summed E-state index contributed by atoms with van der Waals surface area (Å²) in [5, 5.41) is 9.15. The number of cyclic esters (lactones) is 1. The van der Waals surface area contributed by atoms with Gasteiger partial charge in [0.2, 0.25) is 11.8 Å². The summed E-state index contributed by atoms with van der Waals surface area (Å²) in [6, 6.07) is -0.828. The van der Waals surface area contributed by atoms with Crippen LogP contribution in [-0.4, -0.2) is 121 Å². The number of morpholine rings is 1. The van der Waals surface area contributed by atoms with Crippen LogP contribution in [0.4, 0.5) is 0 Å². The topological polar surface area (TPSA) is 109 Å². The Hall–Kier alpha value is -2.27. The standard InChI is InChI=1S/C25H35N3O7/c29-14-3-1-2-9-28-21-23(31)27(11-10-26-12-16-33-17-13-26)8-5-7-25(21)20(22(28)30)19-18(35-25)6-4-15-34-24(19)32/h4-7,18-21,29H,1-3,8-17H2/t18-,19+,20-,21?,25-/m0/s1. The lowest BCUT2D eigenvalue weighted by molar-refractivity contribution is -0.153. The zero-order chi connectivity index (χ0) is 24.4. The molecule has 5 heterocycles. The number of hydrogen-bond donors (Lipinski definition) is 1. The van der Waals surface area contributed by atoms with E-state index in [9.17, 15) is 14.4 Å².